The summed E-state index contributed by atoms with van der Waals surface area (Å²) in [7, 11) is 0. The van der Waals surface area contributed by atoms with Gasteiger partial charge in [0.2, 0.25) is 0 Å². The van der Waals surface area contributed by atoms with Crippen LogP contribution in [0.15, 0.2) is 24.3 Å². The number of carbonyl (C=O) groups excluding carboxylic acids is 1. The van der Waals surface area contributed by atoms with Crippen LogP contribution < -0.4 is 5.32 Å². The van der Waals surface area contributed by atoms with Gasteiger partial charge in [0.15, 0.2) is 0 Å². The Labute approximate surface area is 122 Å². The molecule has 0 aromatic heterocycles. The van der Waals surface area contributed by atoms with Gasteiger partial charge in [0.1, 0.15) is 0 Å². The van der Waals surface area contributed by atoms with E-state index in [1.165, 1.54) is 6.42 Å². The van der Waals surface area contributed by atoms with Crippen LogP contribution >= 0.6 is 22.6 Å². The van der Waals surface area contributed by atoms with Crippen molar-refractivity contribution in [1.82, 2.24) is 4.90 Å². The molecule has 98 valence electrons. The van der Waals surface area contributed by atoms with Crippen molar-refractivity contribution in [1.29, 1.82) is 0 Å². The van der Waals surface area contributed by atoms with Crippen LogP contribution in [0.1, 0.15) is 20.3 Å². The summed E-state index contributed by atoms with van der Waals surface area (Å²) in [6, 6.07) is 7.88. The Balaban J connectivity index is 2.02. The van der Waals surface area contributed by atoms with Gasteiger partial charge in [0.05, 0.1) is 5.69 Å². The van der Waals surface area contributed by atoms with Crippen molar-refractivity contribution < 1.29 is 4.79 Å². The van der Waals surface area contributed by atoms with E-state index in [0.717, 1.165) is 22.3 Å². The van der Waals surface area contributed by atoms with E-state index in [-0.39, 0.29) is 6.03 Å². The molecule has 4 heteroatoms. The average molecular weight is 358 g/mol. The highest BCUT2D eigenvalue weighted by molar-refractivity contribution is 14.1. The molecular weight excluding hydrogens is 339 g/mol. The summed E-state index contributed by atoms with van der Waals surface area (Å²) in [6.45, 7) is 6.14. The maximum atomic E-state index is 12.2. The van der Waals surface area contributed by atoms with Crippen LogP contribution in [0.5, 0.6) is 0 Å². The molecule has 0 aliphatic carbocycles. The van der Waals surface area contributed by atoms with Gasteiger partial charge in [0, 0.05) is 16.7 Å². The third-order valence-corrected chi connectivity index (χ3v) is 4.21. The van der Waals surface area contributed by atoms with Crippen LogP contribution in [0.25, 0.3) is 0 Å². The summed E-state index contributed by atoms with van der Waals surface area (Å²) in [5.41, 5.74) is 0.897. The van der Waals surface area contributed by atoms with Crippen LogP contribution in [0.2, 0.25) is 0 Å². The molecule has 0 saturated carbocycles. The molecule has 1 saturated heterocycles. The lowest BCUT2D eigenvalue weighted by Crippen LogP contribution is -2.44. The SMILES string of the molecule is CC1CC(C)CN(C(=O)Nc2ccccc2I)C1. The first kappa shape index (κ1) is 13.6. The molecule has 1 aromatic carbocycles. The lowest BCUT2D eigenvalue weighted by Gasteiger charge is -2.35. The molecule has 1 aromatic rings. The Hall–Kier alpha value is -0.780. The third-order valence-electron chi connectivity index (χ3n) is 3.27. The van der Waals surface area contributed by atoms with E-state index in [0.29, 0.717) is 11.8 Å². The van der Waals surface area contributed by atoms with Crippen LogP contribution in [0.3, 0.4) is 0 Å². The standard InChI is InChI=1S/C14H19IN2O/c1-10-7-11(2)9-17(8-10)14(18)16-13-6-4-3-5-12(13)15/h3-6,10-11H,7-9H2,1-2H3,(H,16,18). The number of nitrogens with zero attached hydrogens (tertiary/aromatic N) is 1. The van der Waals surface area contributed by atoms with Crippen LogP contribution in [-0.4, -0.2) is 24.0 Å². The monoisotopic (exact) mass is 358 g/mol. The van der Waals surface area contributed by atoms with E-state index in [1.807, 2.05) is 29.2 Å². The Morgan fingerprint density at radius 3 is 2.50 bits per heavy atom. The van der Waals surface area contributed by atoms with Gasteiger partial charge in [-0.15, -0.1) is 0 Å². The topological polar surface area (TPSA) is 32.3 Å². The number of hydrogen-bond acceptors (Lipinski definition) is 1. The van der Waals surface area contributed by atoms with Crippen molar-refractivity contribution in [2.24, 2.45) is 11.8 Å². The number of benzene rings is 1. The molecular formula is C14H19IN2O. The van der Waals surface area contributed by atoms with Crippen molar-refractivity contribution >= 4 is 34.3 Å². The number of amides is 2. The highest BCUT2D eigenvalue weighted by Gasteiger charge is 2.25. The second-order valence-corrected chi connectivity index (χ2v) is 6.42. The number of carbonyl (C=O) groups is 1. The summed E-state index contributed by atoms with van der Waals surface area (Å²) in [6.07, 6.45) is 1.21. The minimum atomic E-state index is 0.0255. The first-order valence-electron chi connectivity index (χ1n) is 6.36. The van der Waals surface area contributed by atoms with E-state index in [2.05, 4.69) is 41.8 Å². The number of nitrogens with one attached hydrogen (secondary N) is 1. The fourth-order valence-corrected chi connectivity index (χ4v) is 3.11. The highest BCUT2D eigenvalue weighted by atomic mass is 127. The number of hydrogen-bond donors (Lipinski definition) is 1. The summed E-state index contributed by atoms with van der Waals surface area (Å²) in [4.78, 5) is 14.2. The van der Waals surface area contributed by atoms with Gasteiger partial charge in [-0.3, -0.25) is 0 Å². The maximum Gasteiger partial charge on any atom is 0.321 e. The third kappa shape index (κ3) is 3.37. The number of piperidine rings is 1. The zero-order valence-electron chi connectivity index (χ0n) is 10.8. The van der Waals surface area contributed by atoms with E-state index >= 15 is 0 Å². The predicted molar refractivity (Wildman–Crippen MR) is 82.7 cm³/mol. The Kier molecular flexibility index (Phi) is 4.48. The molecule has 0 spiro atoms. The van der Waals surface area contributed by atoms with Crippen LogP contribution in [0, 0.1) is 15.4 Å². The summed E-state index contributed by atoms with van der Waals surface area (Å²) in [5, 5.41) is 3.00. The second kappa shape index (κ2) is 5.91. The smallest absolute Gasteiger partial charge is 0.321 e. The lowest BCUT2D eigenvalue weighted by molar-refractivity contribution is 0.156. The summed E-state index contributed by atoms with van der Waals surface area (Å²) in [5.74, 6) is 1.18. The molecule has 2 unspecified atom stereocenters. The molecule has 1 N–H and O–H groups in total. The van der Waals surface area contributed by atoms with Gasteiger partial charge < -0.3 is 10.2 Å². The summed E-state index contributed by atoms with van der Waals surface area (Å²) < 4.78 is 1.07. The Morgan fingerprint density at radius 2 is 1.89 bits per heavy atom. The predicted octanol–water partition coefficient (Wildman–Crippen LogP) is 3.80. The average Bonchev–Trinajstić information content (AvgIpc) is 2.31. The molecule has 1 heterocycles. The van der Waals surface area contributed by atoms with E-state index < -0.39 is 0 Å². The Morgan fingerprint density at radius 1 is 1.28 bits per heavy atom. The molecule has 2 atom stereocenters. The van der Waals surface area contributed by atoms with Crippen LogP contribution in [-0.2, 0) is 0 Å². The minimum absolute atomic E-state index is 0.0255. The van der Waals surface area contributed by atoms with Gasteiger partial charge in [-0.25, -0.2) is 4.79 Å². The van der Waals surface area contributed by atoms with E-state index in [4.69, 9.17) is 0 Å². The molecule has 1 aliphatic heterocycles. The normalized spacial score (nSPS) is 23.8. The second-order valence-electron chi connectivity index (χ2n) is 5.26. The molecule has 3 nitrogen and oxygen atoms in total. The fraction of sp³-hybridized carbons (Fsp3) is 0.500. The van der Waals surface area contributed by atoms with Crippen molar-refractivity contribution in [2.45, 2.75) is 20.3 Å². The first-order chi connectivity index (χ1) is 8.56. The van der Waals surface area contributed by atoms with Gasteiger partial charge in [0.25, 0.3) is 0 Å². The Bertz CT molecular complexity index is 426. The molecule has 1 fully saturated rings. The van der Waals surface area contributed by atoms with Gasteiger partial charge in [-0.05, 0) is 53.0 Å². The highest BCUT2D eigenvalue weighted by Crippen LogP contribution is 2.23. The molecule has 0 bridgehead atoms. The number of rotatable bonds is 1. The van der Waals surface area contributed by atoms with Crippen molar-refractivity contribution in [2.75, 3.05) is 18.4 Å². The van der Waals surface area contributed by atoms with Crippen molar-refractivity contribution in [3.8, 4) is 0 Å². The minimum Gasteiger partial charge on any atom is -0.324 e. The number of para-hydroxylation sites is 1. The molecule has 1 aliphatic rings. The first-order valence-corrected chi connectivity index (χ1v) is 7.44. The van der Waals surface area contributed by atoms with Crippen molar-refractivity contribution in [3.05, 3.63) is 27.8 Å². The zero-order valence-corrected chi connectivity index (χ0v) is 13.0. The maximum absolute atomic E-state index is 12.2. The van der Waals surface area contributed by atoms with E-state index in [1.54, 1.807) is 0 Å². The zero-order chi connectivity index (χ0) is 13.1. The number of anilines is 1. The molecule has 0 radical (unpaired) electrons. The van der Waals surface area contributed by atoms with E-state index in [9.17, 15) is 4.79 Å². The van der Waals surface area contributed by atoms with Crippen LogP contribution in [0.4, 0.5) is 10.5 Å². The molecule has 18 heavy (non-hydrogen) atoms. The lowest BCUT2D eigenvalue weighted by atomic mass is 9.92. The molecule has 2 amide bonds. The molecule has 2 rings (SSSR count). The van der Waals surface area contributed by atoms with Crippen molar-refractivity contribution in [3.63, 3.8) is 0 Å². The van der Waals surface area contributed by atoms with Gasteiger partial charge in [-0.2, -0.15) is 0 Å². The fourth-order valence-electron chi connectivity index (χ4n) is 2.59. The quantitative estimate of drug-likeness (QED) is 0.761. The van der Waals surface area contributed by atoms with Gasteiger partial charge in [-0.1, -0.05) is 26.0 Å². The number of halogens is 1. The number of urea groups is 1. The largest absolute Gasteiger partial charge is 0.324 e. The van der Waals surface area contributed by atoms with Gasteiger partial charge >= 0.3 is 6.03 Å². The summed E-state index contributed by atoms with van der Waals surface area (Å²) >= 11 is 2.24. The number of likely N-dealkylation sites (tertiary alicyclic amines) is 1.